The molecule has 2 fully saturated rings. The molecular weight excluding hydrogens is 422 g/mol. The Balaban J connectivity index is 1.54. The highest BCUT2D eigenvalue weighted by Crippen LogP contribution is 2.45. The van der Waals surface area contributed by atoms with E-state index in [9.17, 15) is 0 Å². The highest BCUT2D eigenvalue weighted by atomic mass is 16.5. The summed E-state index contributed by atoms with van der Waals surface area (Å²) in [6.45, 7) is 3.94. The molecule has 4 aromatic rings. The molecule has 2 aliphatic rings. The van der Waals surface area contributed by atoms with Gasteiger partial charge in [0.05, 0.1) is 29.4 Å². The van der Waals surface area contributed by atoms with Crippen molar-refractivity contribution in [3.05, 3.63) is 59.9 Å². The summed E-state index contributed by atoms with van der Waals surface area (Å²) < 4.78 is 5.69. The molecule has 174 valence electrons. The predicted octanol–water partition coefficient (Wildman–Crippen LogP) is 5.41. The van der Waals surface area contributed by atoms with Crippen LogP contribution in [0.3, 0.4) is 0 Å². The van der Waals surface area contributed by atoms with E-state index in [0.29, 0.717) is 5.92 Å². The van der Waals surface area contributed by atoms with Crippen LogP contribution < -0.4 is 15.4 Å². The van der Waals surface area contributed by atoms with Crippen LogP contribution in [-0.4, -0.2) is 41.2 Å². The number of H-pyrrole nitrogens is 1. The number of pyridine rings is 1. The van der Waals surface area contributed by atoms with E-state index in [-0.39, 0.29) is 6.04 Å². The van der Waals surface area contributed by atoms with E-state index in [1.165, 1.54) is 29.7 Å². The Morgan fingerprint density at radius 1 is 1.00 bits per heavy atom. The predicted molar refractivity (Wildman–Crippen MR) is 137 cm³/mol. The minimum Gasteiger partial charge on any atom is -0.497 e. The van der Waals surface area contributed by atoms with Crippen LogP contribution >= 0.6 is 0 Å². The Kier molecular flexibility index (Phi) is 5.26. The topological polar surface area (TPSA) is 80.1 Å². The van der Waals surface area contributed by atoms with Crippen LogP contribution in [0.4, 0.5) is 5.69 Å². The number of nitrogens with one attached hydrogen (secondary N) is 1. The van der Waals surface area contributed by atoms with Crippen molar-refractivity contribution >= 4 is 16.7 Å². The summed E-state index contributed by atoms with van der Waals surface area (Å²) in [5, 5.41) is 0. The fraction of sp³-hybridized carbons (Fsp3) is 0.357. The van der Waals surface area contributed by atoms with E-state index in [4.69, 9.17) is 15.5 Å². The van der Waals surface area contributed by atoms with E-state index in [1.54, 1.807) is 7.11 Å². The number of aromatic amines is 1. The first-order chi connectivity index (χ1) is 16.6. The van der Waals surface area contributed by atoms with Gasteiger partial charge in [-0.3, -0.25) is 4.98 Å². The first-order valence-electron chi connectivity index (χ1n) is 12.2. The fourth-order valence-electron chi connectivity index (χ4n) is 5.10. The quantitative estimate of drug-likeness (QED) is 0.422. The van der Waals surface area contributed by atoms with Crippen LogP contribution in [0.1, 0.15) is 42.7 Å². The zero-order valence-electron chi connectivity index (χ0n) is 19.8. The number of anilines is 1. The van der Waals surface area contributed by atoms with Gasteiger partial charge in [0.25, 0.3) is 0 Å². The summed E-state index contributed by atoms with van der Waals surface area (Å²) in [4.78, 5) is 15.7. The number of ether oxygens (including phenoxy) is 1. The summed E-state index contributed by atoms with van der Waals surface area (Å²) in [6.07, 6.45) is 8.39. The number of piperidine rings is 1. The summed E-state index contributed by atoms with van der Waals surface area (Å²) in [5.41, 5.74) is 15.3. The average Bonchev–Trinajstić information content (AvgIpc) is 3.63. The Hall–Kier alpha value is -3.38. The molecule has 0 spiro atoms. The largest absolute Gasteiger partial charge is 0.497 e. The van der Waals surface area contributed by atoms with Crippen LogP contribution in [0.15, 0.2) is 48.8 Å². The molecule has 1 aliphatic carbocycles. The van der Waals surface area contributed by atoms with Crippen molar-refractivity contribution in [3.63, 3.8) is 0 Å². The smallest absolute Gasteiger partial charge is 0.142 e. The van der Waals surface area contributed by atoms with Gasteiger partial charge in [-0.2, -0.15) is 0 Å². The number of aryl methyl sites for hydroxylation is 1. The van der Waals surface area contributed by atoms with Crippen LogP contribution in [0.2, 0.25) is 0 Å². The van der Waals surface area contributed by atoms with Gasteiger partial charge in [-0.1, -0.05) is 12.1 Å². The lowest BCUT2D eigenvalue weighted by Gasteiger charge is -2.34. The number of imidazole rings is 1. The monoisotopic (exact) mass is 453 g/mol. The molecule has 3 heterocycles. The summed E-state index contributed by atoms with van der Waals surface area (Å²) in [7, 11) is 1.74. The van der Waals surface area contributed by atoms with E-state index in [1.807, 2.05) is 12.4 Å². The number of benzene rings is 2. The number of methoxy groups -OCH3 is 1. The molecule has 0 bridgehead atoms. The van der Waals surface area contributed by atoms with Crippen LogP contribution in [0.5, 0.6) is 5.75 Å². The molecule has 6 nitrogen and oxygen atoms in total. The van der Waals surface area contributed by atoms with Crippen LogP contribution in [0.25, 0.3) is 33.5 Å². The number of fused-ring (bicyclic) bond motifs is 1. The maximum atomic E-state index is 6.26. The maximum absolute atomic E-state index is 6.26. The van der Waals surface area contributed by atoms with E-state index in [2.05, 4.69) is 58.2 Å². The highest BCUT2D eigenvalue weighted by Gasteiger charge is 2.27. The maximum Gasteiger partial charge on any atom is 0.142 e. The van der Waals surface area contributed by atoms with Gasteiger partial charge in [0.15, 0.2) is 0 Å². The van der Waals surface area contributed by atoms with Crippen molar-refractivity contribution in [1.29, 1.82) is 0 Å². The third-order valence-electron chi connectivity index (χ3n) is 7.19. The third kappa shape index (κ3) is 3.92. The molecule has 6 heteroatoms. The minimum atomic E-state index is 0.262. The van der Waals surface area contributed by atoms with Gasteiger partial charge in [0.1, 0.15) is 11.6 Å². The molecule has 34 heavy (non-hydrogen) atoms. The van der Waals surface area contributed by atoms with Gasteiger partial charge in [0.2, 0.25) is 0 Å². The molecule has 3 N–H and O–H groups in total. The van der Waals surface area contributed by atoms with Crippen molar-refractivity contribution < 1.29 is 4.74 Å². The second kappa shape index (κ2) is 8.44. The Labute approximate surface area is 200 Å². The minimum absolute atomic E-state index is 0.262. The Morgan fingerprint density at radius 2 is 1.79 bits per heavy atom. The number of hydrogen-bond acceptors (Lipinski definition) is 5. The van der Waals surface area contributed by atoms with Crippen LogP contribution in [0, 0.1) is 6.92 Å². The number of nitrogens with zero attached hydrogens (tertiary/aromatic N) is 3. The number of aromatic nitrogens is 3. The first-order valence-corrected chi connectivity index (χ1v) is 12.2. The molecule has 0 amide bonds. The van der Waals surface area contributed by atoms with Crippen molar-refractivity contribution in [3.8, 4) is 28.3 Å². The van der Waals surface area contributed by atoms with Crippen molar-refractivity contribution in [2.24, 2.45) is 5.73 Å². The standard InChI is InChI=1S/C28H31N5O/c1-17-3-6-25-26(11-17)32-28(31-25)24-16-30-15-23(27(24)33-9-7-21(29)8-10-33)20-12-19(18-4-5-18)13-22(14-20)34-2/h3,6,11-16,18,21H,4-5,7-10,29H2,1-2H3,(H,31,32). The molecule has 1 saturated heterocycles. The van der Waals surface area contributed by atoms with Gasteiger partial charge in [-0.05, 0) is 79.5 Å². The van der Waals surface area contributed by atoms with Gasteiger partial charge in [0, 0.05) is 37.1 Å². The second-order valence-corrected chi connectivity index (χ2v) is 9.78. The lowest BCUT2D eigenvalue weighted by Crippen LogP contribution is -2.40. The Bertz CT molecular complexity index is 1350. The molecular formula is C28H31N5O. The van der Waals surface area contributed by atoms with Crippen LogP contribution in [-0.2, 0) is 0 Å². The van der Waals surface area contributed by atoms with E-state index in [0.717, 1.165) is 65.2 Å². The highest BCUT2D eigenvalue weighted by molar-refractivity contribution is 5.91. The molecule has 2 aromatic carbocycles. The molecule has 0 atom stereocenters. The zero-order chi connectivity index (χ0) is 23.2. The Morgan fingerprint density at radius 3 is 2.56 bits per heavy atom. The lowest BCUT2D eigenvalue weighted by molar-refractivity contribution is 0.414. The third-order valence-corrected chi connectivity index (χ3v) is 7.19. The molecule has 1 saturated carbocycles. The van der Waals surface area contributed by atoms with Crippen molar-refractivity contribution in [2.45, 2.75) is 44.6 Å². The average molecular weight is 454 g/mol. The SMILES string of the molecule is COc1cc(-c2cncc(-c3nc4ccc(C)cc4[nH]3)c2N2CCC(N)CC2)cc(C2CC2)c1. The van der Waals surface area contributed by atoms with E-state index < -0.39 is 0 Å². The second-order valence-electron chi connectivity index (χ2n) is 9.78. The molecule has 0 unspecified atom stereocenters. The van der Waals surface area contributed by atoms with E-state index >= 15 is 0 Å². The number of rotatable bonds is 5. The first kappa shape index (κ1) is 21.2. The number of hydrogen-bond donors (Lipinski definition) is 2. The molecule has 1 aliphatic heterocycles. The lowest BCUT2D eigenvalue weighted by atomic mass is 9.96. The van der Waals surface area contributed by atoms with Crippen molar-refractivity contribution in [1.82, 2.24) is 15.0 Å². The van der Waals surface area contributed by atoms with Gasteiger partial charge in [-0.25, -0.2) is 4.98 Å². The summed E-state index contributed by atoms with van der Waals surface area (Å²) in [5.74, 6) is 2.39. The zero-order valence-corrected chi connectivity index (χ0v) is 19.8. The van der Waals surface area contributed by atoms with Gasteiger partial charge < -0.3 is 20.4 Å². The summed E-state index contributed by atoms with van der Waals surface area (Å²) >= 11 is 0. The molecule has 2 aromatic heterocycles. The van der Waals surface area contributed by atoms with Gasteiger partial charge >= 0.3 is 0 Å². The van der Waals surface area contributed by atoms with Gasteiger partial charge in [-0.15, -0.1) is 0 Å². The van der Waals surface area contributed by atoms with Crippen molar-refractivity contribution in [2.75, 3.05) is 25.1 Å². The summed E-state index contributed by atoms with van der Waals surface area (Å²) in [6, 6.07) is 13.2. The molecule has 0 radical (unpaired) electrons. The number of nitrogens with two attached hydrogens (primary N) is 1. The normalized spacial score (nSPS) is 16.9. The molecule has 6 rings (SSSR count). The fourth-order valence-corrected chi connectivity index (χ4v) is 5.10.